The maximum Gasteiger partial charge on any atom is 0.287 e. The Bertz CT molecular complexity index is 1040. The van der Waals surface area contributed by atoms with Crippen LogP contribution in [0.25, 0.3) is 11.3 Å². The second-order valence-electron chi connectivity index (χ2n) is 5.37. The van der Waals surface area contributed by atoms with Gasteiger partial charge in [0.2, 0.25) is 0 Å². The van der Waals surface area contributed by atoms with Crippen LogP contribution in [-0.4, -0.2) is 28.2 Å². The van der Waals surface area contributed by atoms with E-state index in [-0.39, 0.29) is 11.4 Å². The van der Waals surface area contributed by atoms with Crippen LogP contribution >= 0.6 is 0 Å². The molecule has 0 amide bonds. The second kappa shape index (κ2) is 7.95. The molecule has 1 aromatic carbocycles. The fraction of sp³-hybridized carbons (Fsp3) is 0.0588. The molecule has 3 rings (SSSR count). The first kappa shape index (κ1) is 18.5. The van der Waals surface area contributed by atoms with Gasteiger partial charge in [-0.25, -0.2) is 4.98 Å². The van der Waals surface area contributed by atoms with Gasteiger partial charge in [0.05, 0.1) is 34.8 Å². The molecule has 0 radical (unpaired) electrons. The monoisotopic (exact) mass is 383 g/mol. The van der Waals surface area contributed by atoms with Crippen molar-refractivity contribution >= 4 is 23.4 Å². The average molecular weight is 383 g/mol. The molecule has 11 heteroatoms. The number of ether oxygens (including phenoxy) is 1. The lowest BCUT2D eigenvalue weighted by molar-refractivity contribution is -0.385. The summed E-state index contributed by atoms with van der Waals surface area (Å²) in [6.45, 7) is 0. The fourth-order valence-corrected chi connectivity index (χ4v) is 2.29. The molecule has 2 aromatic heterocycles. The molecule has 3 aromatic rings. The smallest absolute Gasteiger partial charge is 0.287 e. The molecule has 0 saturated heterocycles. The summed E-state index contributed by atoms with van der Waals surface area (Å²) in [7, 11) is 1.41. The largest absolute Gasteiger partial charge is 0.496 e. The summed E-state index contributed by atoms with van der Waals surface area (Å²) in [6.07, 6.45) is 2.51. The number of non-ortho nitro benzene ring substituents is 1. The van der Waals surface area contributed by atoms with E-state index in [4.69, 9.17) is 9.15 Å². The number of hydrogen-bond donors (Lipinski definition) is 1. The summed E-state index contributed by atoms with van der Waals surface area (Å²) < 4.78 is 10.9. The second-order valence-corrected chi connectivity index (χ2v) is 5.37. The highest BCUT2D eigenvalue weighted by Crippen LogP contribution is 2.34. The van der Waals surface area contributed by atoms with E-state index in [9.17, 15) is 20.2 Å². The fourth-order valence-electron chi connectivity index (χ4n) is 2.29. The average Bonchev–Trinajstić information content (AvgIpc) is 3.16. The number of hydrogen-bond acceptors (Lipinski definition) is 9. The number of benzene rings is 1. The number of rotatable bonds is 7. The molecule has 0 saturated carbocycles. The molecule has 0 bridgehead atoms. The highest BCUT2D eigenvalue weighted by atomic mass is 16.6. The Kier molecular flexibility index (Phi) is 5.25. The minimum atomic E-state index is -0.545. The number of nitrogens with zero attached hydrogens (tertiary/aromatic N) is 4. The van der Waals surface area contributed by atoms with Gasteiger partial charge in [0, 0.05) is 12.1 Å². The number of hydrazone groups is 1. The van der Waals surface area contributed by atoms with Crippen LogP contribution in [0.1, 0.15) is 5.76 Å². The van der Waals surface area contributed by atoms with Crippen molar-refractivity contribution in [2.45, 2.75) is 0 Å². The summed E-state index contributed by atoms with van der Waals surface area (Å²) in [5, 5.41) is 25.4. The summed E-state index contributed by atoms with van der Waals surface area (Å²) in [6, 6.07) is 10.3. The van der Waals surface area contributed by atoms with Gasteiger partial charge in [0.15, 0.2) is 0 Å². The number of anilines is 1. The van der Waals surface area contributed by atoms with Gasteiger partial charge in [-0.15, -0.1) is 0 Å². The minimum Gasteiger partial charge on any atom is -0.496 e. The van der Waals surface area contributed by atoms with Gasteiger partial charge >= 0.3 is 0 Å². The van der Waals surface area contributed by atoms with Crippen LogP contribution < -0.4 is 10.2 Å². The van der Waals surface area contributed by atoms with Gasteiger partial charge in [-0.2, -0.15) is 5.10 Å². The first-order valence-electron chi connectivity index (χ1n) is 7.80. The molecule has 0 aliphatic rings. The van der Waals surface area contributed by atoms with Crippen molar-refractivity contribution in [3.05, 3.63) is 74.7 Å². The third kappa shape index (κ3) is 4.09. The zero-order valence-corrected chi connectivity index (χ0v) is 14.4. The number of methoxy groups -OCH3 is 1. The van der Waals surface area contributed by atoms with Gasteiger partial charge in [-0.05, 0) is 24.3 Å². The molecule has 0 fully saturated rings. The predicted octanol–water partition coefficient (Wildman–Crippen LogP) is 3.61. The van der Waals surface area contributed by atoms with Crippen LogP contribution in [0, 0.1) is 20.2 Å². The van der Waals surface area contributed by atoms with Crippen LogP contribution in [0.3, 0.4) is 0 Å². The topological polar surface area (TPSA) is 146 Å². The highest BCUT2D eigenvalue weighted by molar-refractivity contribution is 5.79. The van der Waals surface area contributed by atoms with Crippen LogP contribution in [0.5, 0.6) is 5.75 Å². The Morgan fingerprint density at radius 1 is 1.11 bits per heavy atom. The van der Waals surface area contributed by atoms with E-state index >= 15 is 0 Å². The normalized spacial score (nSPS) is 10.8. The van der Waals surface area contributed by atoms with E-state index in [0.29, 0.717) is 28.7 Å². The quantitative estimate of drug-likeness (QED) is 0.370. The van der Waals surface area contributed by atoms with Gasteiger partial charge in [-0.3, -0.25) is 25.7 Å². The Morgan fingerprint density at radius 3 is 2.50 bits per heavy atom. The number of nitrogens with one attached hydrogen (secondary N) is 1. The molecule has 0 aliphatic carbocycles. The SMILES string of the molecule is COc1cc([N+](=O)[O-])ccc1-c1ccc(C=NNc2ccc([N+](=O)[O-])cn2)o1. The standard InChI is InChI=1S/C17H13N5O6/c1-27-16-8-11(21(23)24)2-5-14(16)15-6-4-13(28-15)10-19-20-17-7-3-12(9-18-17)22(25)26/h2-10H,1H3,(H,18,20). The van der Waals surface area contributed by atoms with E-state index in [0.717, 1.165) is 6.20 Å². The van der Waals surface area contributed by atoms with Gasteiger partial charge in [0.1, 0.15) is 29.3 Å². The zero-order chi connectivity index (χ0) is 20.1. The summed E-state index contributed by atoms with van der Waals surface area (Å²) in [4.78, 5) is 24.3. The van der Waals surface area contributed by atoms with Crippen LogP contribution in [0.15, 0.2) is 58.2 Å². The van der Waals surface area contributed by atoms with Crippen molar-refractivity contribution in [2.75, 3.05) is 12.5 Å². The Balaban J connectivity index is 1.72. The molecule has 0 spiro atoms. The zero-order valence-electron chi connectivity index (χ0n) is 14.4. The van der Waals surface area contributed by atoms with E-state index in [1.807, 2.05) is 0 Å². The molecule has 1 N–H and O–H groups in total. The molecule has 0 aliphatic heterocycles. The lowest BCUT2D eigenvalue weighted by atomic mass is 10.1. The first-order chi connectivity index (χ1) is 13.5. The highest BCUT2D eigenvalue weighted by Gasteiger charge is 2.15. The van der Waals surface area contributed by atoms with Crippen molar-refractivity contribution < 1.29 is 19.0 Å². The lowest BCUT2D eigenvalue weighted by Gasteiger charge is -2.05. The Morgan fingerprint density at radius 2 is 1.86 bits per heavy atom. The van der Waals surface area contributed by atoms with Gasteiger partial charge in [0.25, 0.3) is 11.4 Å². The summed E-state index contributed by atoms with van der Waals surface area (Å²) in [5.74, 6) is 1.48. The first-order valence-corrected chi connectivity index (χ1v) is 7.80. The van der Waals surface area contributed by atoms with Crippen molar-refractivity contribution in [1.29, 1.82) is 0 Å². The van der Waals surface area contributed by atoms with Crippen molar-refractivity contribution in [3.63, 3.8) is 0 Å². The summed E-state index contributed by atoms with van der Waals surface area (Å²) in [5.41, 5.74) is 2.97. The molecule has 0 unspecified atom stereocenters. The van der Waals surface area contributed by atoms with Crippen LogP contribution in [-0.2, 0) is 0 Å². The molecular formula is C17H13N5O6. The Labute approximate surface area is 157 Å². The van der Waals surface area contributed by atoms with Gasteiger partial charge < -0.3 is 9.15 Å². The number of pyridine rings is 1. The lowest BCUT2D eigenvalue weighted by Crippen LogP contribution is -1.94. The van der Waals surface area contributed by atoms with E-state index in [1.165, 1.54) is 43.7 Å². The summed E-state index contributed by atoms with van der Waals surface area (Å²) >= 11 is 0. The van der Waals surface area contributed by atoms with E-state index in [2.05, 4.69) is 15.5 Å². The third-order valence-electron chi connectivity index (χ3n) is 3.62. The number of furan rings is 1. The van der Waals surface area contributed by atoms with Gasteiger partial charge in [-0.1, -0.05) is 0 Å². The van der Waals surface area contributed by atoms with Crippen molar-refractivity contribution in [3.8, 4) is 17.1 Å². The third-order valence-corrected chi connectivity index (χ3v) is 3.62. The molecule has 0 atom stereocenters. The predicted molar refractivity (Wildman–Crippen MR) is 99.5 cm³/mol. The maximum atomic E-state index is 10.9. The molecule has 28 heavy (non-hydrogen) atoms. The van der Waals surface area contributed by atoms with Crippen LogP contribution in [0.2, 0.25) is 0 Å². The van der Waals surface area contributed by atoms with Crippen molar-refractivity contribution in [2.24, 2.45) is 5.10 Å². The van der Waals surface area contributed by atoms with E-state index in [1.54, 1.807) is 12.1 Å². The van der Waals surface area contributed by atoms with Crippen molar-refractivity contribution in [1.82, 2.24) is 4.98 Å². The van der Waals surface area contributed by atoms with E-state index < -0.39 is 9.85 Å². The molecule has 2 heterocycles. The molecule has 142 valence electrons. The number of aromatic nitrogens is 1. The number of nitro groups is 2. The minimum absolute atomic E-state index is 0.0891. The Hall–Kier alpha value is -4.28. The molecule has 11 nitrogen and oxygen atoms in total. The maximum absolute atomic E-state index is 10.9. The van der Waals surface area contributed by atoms with Crippen LogP contribution in [0.4, 0.5) is 17.2 Å². The molecular weight excluding hydrogens is 370 g/mol. The number of nitro benzene ring substituents is 1.